The van der Waals surface area contributed by atoms with E-state index in [1.54, 1.807) is 0 Å². The van der Waals surface area contributed by atoms with Gasteiger partial charge in [0.05, 0.1) is 12.6 Å². The number of hydrogen-bond acceptors (Lipinski definition) is 2. The summed E-state index contributed by atoms with van der Waals surface area (Å²) >= 11 is 9.50. The first kappa shape index (κ1) is 15.0. The topological polar surface area (TPSA) is 21.3 Å². The molecule has 0 amide bonds. The molecule has 4 heteroatoms. The molecule has 0 bridgehead atoms. The first-order chi connectivity index (χ1) is 8.19. The van der Waals surface area contributed by atoms with Crippen molar-refractivity contribution >= 4 is 27.5 Å². The van der Waals surface area contributed by atoms with Gasteiger partial charge in [-0.05, 0) is 37.6 Å². The van der Waals surface area contributed by atoms with Crippen LogP contribution >= 0.6 is 27.5 Å². The molecule has 0 spiro atoms. The molecule has 17 heavy (non-hydrogen) atoms. The molecule has 0 aliphatic rings. The summed E-state index contributed by atoms with van der Waals surface area (Å²) in [5.41, 5.74) is 1.19. The Hall–Kier alpha value is -0.0900. The highest BCUT2D eigenvalue weighted by Gasteiger charge is 2.14. The number of rotatable bonds is 7. The van der Waals surface area contributed by atoms with E-state index in [1.807, 2.05) is 25.1 Å². The SMILES string of the molecule is CCCNC(COCC)c1ccc(Cl)cc1Br. The second-order valence-corrected chi connectivity index (χ2v) is 5.12. The molecule has 1 aromatic carbocycles. The van der Waals surface area contributed by atoms with E-state index >= 15 is 0 Å². The number of nitrogens with one attached hydrogen (secondary N) is 1. The Morgan fingerprint density at radius 2 is 2.18 bits per heavy atom. The van der Waals surface area contributed by atoms with Crippen molar-refractivity contribution in [1.29, 1.82) is 0 Å². The van der Waals surface area contributed by atoms with Crippen molar-refractivity contribution in [3.8, 4) is 0 Å². The van der Waals surface area contributed by atoms with Crippen LogP contribution in [-0.4, -0.2) is 19.8 Å². The first-order valence-electron chi connectivity index (χ1n) is 5.95. The van der Waals surface area contributed by atoms with Crippen LogP contribution in [0.1, 0.15) is 31.9 Å². The van der Waals surface area contributed by atoms with Crippen LogP contribution in [0.4, 0.5) is 0 Å². The lowest BCUT2D eigenvalue weighted by molar-refractivity contribution is 0.123. The van der Waals surface area contributed by atoms with Crippen LogP contribution in [0.5, 0.6) is 0 Å². The molecule has 0 saturated carbocycles. The highest BCUT2D eigenvalue weighted by Crippen LogP contribution is 2.27. The third kappa shape index (κ3) is 4.96. The number of benzene rings is 1. The van der Waals surface area contributed by atoms with Crippen LogP contribution in [0.3, 0.4) is 0 Å². The molecule has 0 aromatic heterocycles. The van der Waals surface area contributed by atoms with E-state index in [1.165, 1.54) is 5.56 Å². The van der Waals surface area contributed by atoms with Crippen LogP contribution in [0, 0.1) is 0 Å². The van der Waals surface area contributed by atoms with E-state index in [-0.39, 0.29) is 6.04 Å². The molecule has 96 valence electrons. The Balaban J connectivity index is 2.79. The lowest BCUT2D eigenvalue weighted by atomic mass is 10.1. The van der Waals surface area contributed by atoms with Crippen molar-refractivity contribution in [2.24, 2.45) is 0 Å². The zero-order valence-corrected chi connectivity index (χ0v) is 12.6. The van der Waals surface area contributed by atoms with Crippen molar-refractivity contribution in [2.75, 3.05) is 19.8 Å². The highest BCUT2D eigenvalue weighted by molar-refractivity contribution is 9.10. The molecule has 0 fully saturated rings. The maximum absolute atomic E-state index is 5.95. The Bertz CT molecular complexity index is 338. The molecular weight excluding hydrogens is 302 g/mol. The fraction of sp³-hybridized carbons (Fsp3) is 0.538. The molecule has 1 N–H and O–H groups in total. The van der Waals surface area contributed by atoms with Crippen LogP contribution in [0.25, 0.3) is 0 Å². The van der Waals surface area contributed by atoms with Crippen LogP contribution in [0.15, 0.2) is 22.7 Å². The van der Waals surface area contributed by atoms with E-state index in [0.717, 1.165) is 29.1 Å². The summed E-state index contributed by atoms with van der Waals surface area (Å²) in [6.45, 7) is 6.55. The summed E-state index contributed by atoms with van der Waals surface area (Å²) in [7, 11) is 0. The normalized spacial score (nSPS) is 12.7. The van der Waals surface area contributed by atoms with Gasteiger partial charge in [0.2, 0.25) is 0 Å². The average molecular weight is 321 g/mol. The van der Waals surface area contributed by atoms with Crippen molar-refractivity contribution in [2.45, 2.75) is 26.3 Å². The second-order valence-electron chi connectivity index (χ2n) is 3.83. The number of hydrogen-bond donors (Lipinski definition) is 1. The zero-order valence-electron chi connectivity index (χ0n) is 10.3. The molecule has 0 heterocycles. The predicted molar refractivity (Wildman–Crippen MR) is 76.7 cm³/mol. The Morgan fingerprint density at radius 1 is 1.41 bits per heavy atom. The minimum absolute atomic E-state index is 0.210. The molecule has 2 nitrogen and oxygen atoms in total. The third-order valence-electron chi connectivity index (χ3n) is 2.47. The Kier molecular flexibility index (Phi) is 7.12. The van der Waals surface area contributed by atoms with Crippen molar-refractivity contribution in [1.82, 2.24) is 5.32 Å². The van der Waals surface area contributed by atoms with Gasteiger partial charge in [-0.2, -0.15) is 0 Å². The molecule has 1 unspecified atom stereocenters. The second kappa shape index (κ2) is 8.09. The average Bonchev–Trinajstić information content (AvgIpc) is 2.30. The molecule has 1 atom stereocenters. The van der Waals surface area contributed by atoms with Gasteiger partial charge in [0.15, 0.2) is 0 Å². The first-order valence-corrected chi connectivity index (χ1v) is 7.12. The molecule has 0 aliphatic carbocycles. The maximum Gasteiger partial charge on any atom is 0.0661 e. The van der Waals surface area contributed by atoms with Gasteiger partial charge in [0, 0.05) is 16.1 Å². The minimum Gasteiger partial charge on any atom is -0.380 e. The molecule has 1 rings (SSSR count). The minimum atomic E-state index is 0.210. The lowest BCUT2D eigenvalue weighted by Gasteiger charge is -2.20. The molecular formula is C13H19BrClNO. The van der Waals surface area contributed by atoms with Gasteiger partial charge in [-0.25, -0.2) is 0 Å². The van der Waals surface area contributed by atoms with Gasteiger partial charge in [-0.3, -0.25) is 0 Å². The van der Waals surface area contributed by atoms with Gasteiger partial charge in [-0.15, -0.1) is 0 Å². The lowest BCUT2D eigenvalue weighted by Crippen LogP contribution is -2.26. The summed E-state index contributed by atoms with van der Waals surface area (Å²) < 4.78 is 6.54. The van der Waals surface area contributed by atoms with Gasteiger partial charge in [0.1, 0.15) is 0 Å². The molecule has 0 saturated heterocycles. The summed E-state index contributed by atoms with van der Waals surface area (Å²) in [5.74, 6) is 0. The highest BCUT2D eigenvalue weighted by atomic mass is 79.9. The van der Waals surface area contributed by atoms with E-state index in [0.29, 0.717) is 6.61 Å². The summed E-state index contributed by atoms with van der Waals surface area (Å²) in [6.07, 6.45) is 1.10. The van der Waals surface area contributed by atoms with Gasteiger partial charge < -0.3 is 10.1 Å². The van der Waals surface area contributed by atoms with E-state index < -0.39 is 0 Å². The van der Waals surface area contributed by atoms with Gasteiger partial charge in [-0.1, -0.05) is 40.5 Å². The maximum atomic E-state index is 5.95. The largest absolute Gasteiger partial charge is 0.380 e. The monoisotopic (exact) mass is 319 g/mol. The van der Waals surface area contributed by atoms with Crippen LogP contribution in [0.2, 0.25) is 5.02 Å². The van der Waals surface area contributed by atoms with Crippen LogP contribution < -0.4 is 5.32 Å². The van der Waals surface area contributed by atoms with E-state index in [4.69, 9.17) is 16.3 Å². The van der Waals surface area contributed by atoms with Crippen molar-refractivity contribution < 1.29 is 4.74 Å². The fourth-order valence-electron chi connectivity index (χ4n) is 1.60. The fourth-order valence-corrected chi connectivity index (χ4v) is 2.56. The third-order valence-corrected chi connectivity index (χ3v) is 3.39. The summed E-state index contributed by atoms with van der Waals surface area (Å²) in [4.78, 5) is 0. The van der Waals surface area contributed by atoms with Gasteiger partial charge >= 0.3 is 0 Å². The quantitative estimate of drug-likeness (QED) is 0.814. The number of halogens is 2. The summed E-state index contributed by atoms with van der Waals surface area (Å²) in [6, 6.07) is 6.08. The molecule has 0 radical (unpaired) electrons. The standard InChI is InChI=1S/C13H19BrClNO/c1-3-7-16-13(9-17-4-2)11-6-5-10(15)8-12(11)14/h5-6,8,13,16H,3-4,7,9H2,1-2H3. The Morgan fingerprint density at radius 3 is 2.76 bits per heavy atom. The van der Waals surface area contributed by atoms with Gasteiger partial charge in [0.25, 0.3) is 0 Å². The van der Waals surface area contributed by atoms with Crippen LogP contribution in [-0.2, 0) is 4.74 Å². The van der Waals surface area contributed by atoms with Crippen molar-refractivity contribution in [3.63, 3.8) is 0 Å². The van der Waals surface area contributed by atoms with E-state index in [9.17, 15) is 0 Å². The smallest absolute Gasteiger partial charge is 0.0661 e. The molecule has 0 aliphatic heterocycles. The van der Waals surface area contributed by atoms with Crippen molar-refractivity contribution in [3.05, 3.63) is 33.3 Å². The number of ether oxygens (including phenoxy) is 1. The zero-order chi connectivity index (χ0) is 12.7. The summed E-state index contributed by atoms with van der Waals surface area (Å²) in [5, 5.41) is 4.22. The predicted octanol–water partition coefficient (Wildman–Crippen LogP) is 4.18. The van der Waals surface area contributed by atoms with E-state index in [2.05, 4.69) is 28.2 Å². The molecule has 1 aromatic rings. The Labute approximate surface area is 117 Å².